The zero-order chi connectivity index (χ0) is 22.3. The van der Waals surface area contributed by atoms with Crippen molar-refractivity contribution in [1.82, 2.24) is 4.31 Å². The predicted molar refractivity (Wildman–Crippen MR) is 117 cm³/mol. The van der Waals surface area contributed by atoms with E-state index < -0.39 is 22.0 Å². The third kappa shape index (κ3) is 4.13. The van der Waals surface area contributed by atoms with Crippen LogP contribution < -0.4 is 15.4 Å². The Morgan fingerprint density at radius 3 is 2.77 bits per heavy atom. The molecule has 1 atom stereocenters. The van der Waals surface area contributed by atoms with Crippen LogP contribution in [0.4, 0.5) is 11.4 Å². The number of hydrogen-bond donors (Lipinski definition) is 2. The lowest BCUT2D eigenvalue weighted by Gasteiger charge is -2.26. The van der Waals surface area contributed by atoms with Crippen molar-refractivity contribution >= 4 is 44.8 Å². The molecule has 2 heterocycles. The number of carbonyl (C=O) groups excluding carboxylic acids is 2. The van der Waals surface area contributed by atoms with Crippen LogP contribution in [0.25, 0.3) is 0 Å². The van der Waals surface area contributed by atoms with Gasteiger partial charge in [0.1, 0.15) is 11.8 Å². The molecule has 8 nitrogen and oxygen atoms in total. The zero-order valence-electron chi connectivity index (χ0n) is 17.1. The maximum atomic E-state index is 13.5. The Labute approximate surface area is 185 Å². The van der Waals surface area contributed by atoms with E-state index in [0.717, 1.165) is 5.56 Å². The number of aryl methyl sites for hydroxylation is 2. The van der Waals surface area contributed by atoms with Gasteiger partial charge >= 0.3 is 0 Å². The van der Waals surface area contributed by atoms with E-state index in [1.165, 1.54) is 10.4 Å². The second kappa shape index (κ2) is 8.14. The number of benzene rings is 2. The molecule has 2 aromatic rings. The molecule has 4 rings (SSSR count). The first-order valence-electron chi connectivity index (χ1n) is 9.83. The monoisotopic (exact) mass is 463 g/mol. The highest BCUT2D eigenvalue weighted by Crippen LogP contribution is 2.36. The van der Waals surface area contributed by atoms with Crippen LogP contribution in [0.15, 0.2) is 35.2 Å². The maximum absolute atomic E-state index is 13.5. The Kier molecular flexibility index (Phi) is 5.67. The fourth-order valence-electron chi connectivity index (χ4n) is 3.86. The van der Waals surface area contributed by atoms with E-state index in [4.69, 9.17) is 16.3 Å². The van der Waals surface area contributed by atoms with Gasteiger partial charge in [-0.2, -0.15) is 4.31 Å². The van der Waals surface area contributed by atoms with Gasteiger partial charge in [-0.3, -0.25) is 9.59 Å². The van der Waals surface area contributed by atoms with E-state index in [1.807, 2.05) is 6.92 Å². The van der Waals surface area contributed by atoms with Crippen molar-refractivity contribution in [1.29, 1.82) is 0 Å². The summed E-state index contributed by atoms with van der Waals surface area (Å²) in [5.41, 5.74) is 2.27. The molecule has 1 fully saturated rings. The van der Waals surface area contributed by atoms with Gasteiger partial charge in [-0.05, 0) is 56.0 Å². The molecule has 0 unspecified atom stereocenters. The maximum Gasteiger partial charge on any atom is 0.262 e. The molecule has 0 radical (unpaired) electrons. The van der Waals surface area contributed by atoms with E-state index in [-0.39, 0.29) is 24.0 Å². The van der Waals surface area contributed by atoms with Gasteiger partial charge in [0, 0.05) is 23.3 Å². The summed E-state index contributed by atoms with van der Waals surface area (Å²) in [7, 11) is -3.97. The topological polar surface area (TPSA) is 105 Å². The van der Waals surface area contributed by atoms with Gasteiger partial charge in [-0.1, -0.05) is 17.7 Å². The average Bonchev–Trinajstić information content (AvgIpc) is 3.21. The first kappa shape index (κ1) is 21.6. The second-order valence-corrected chi connectivity index (χ2v) is 9.97. The average molecular weight is 464 g/mol. The molecule has 2 N–H and O–H groups in total. The van der Waals surface area contributed by atoms with Crippen LogP contribution in [0.3, 0.4) is 0 Å². The smallest absolute Gasteiger partial charge is 0.262 e. The number of anilines is 2. The summed E-state index contributed by atoms with van der Waals surface area (Å²) < 4.78 is 33.6. The number of ether oxygens (including phenoxy) is 1. The molecular weight excluding hydrogens is 442 g/mol. The summed E-state index contributed by atoms with van der Waals surface area (Å²) in [4.78, 5) is 24.6. The van der Waals surface area contributed by atoms with Crippen molar-refractivity contribution in [2.75, 3.05) is 23.8 Å². The molecule has 2 amide bonds. The number of amides is 2. The van der Waals surface area contributed by atoms with Crippen molar-refractivity contribution in [3.63, 3.8) is 0 Å². The number of fused-ring (bicyclic) bond motifs is 1. The lowest BCUT2D eigenvalue weighted by molar-refractivity contribution is -0.119. The Morgan fingerprint density at radius 1 is 1.23 bits per heavy atom. The quantitative estimate of drug-likeness (QED) is 0.725. The van der Waals surface area contributed by atoms with Crippen LogP contribution in [-0.2, 0) is 19.6 Å². The Morgan fingerprint density at radius 2 is 2.00 bits per heavy atom. The minimum atomic E-state index is -3.97. The summed E-state index contributed by atoms with van der Waals surface area (Å²) in [6.07, 6.45) is 0.990. The van der Waals surface area contributed by atoms with Crippen molar-refractivity contribution in [3.8, 4) is 5.75 Å². The van der Waals surface area contributed by atoms with Crippen LogP contribution in [0, 0.1) is 13.8 Å². The second-order valence-electron chi connectivity index (χ2n) is 7.67. The molecule has 2 aliphatic rings. The van der Waals surface area contributed by atoms with Gasteiger partial charge in [-0.25, -0.2) is 8.42 Å². The van der Waals surface area contributed by atoms with Crippen molar-refractivity contribution in [2.45, 2.75) is 37.6 Å². The van der Waals surface area contributed by atoms with Gasteiger partial charge in [0.25, 0.3) is 5.91 Å². The summed E-state index contributed by atoms with van der Waals surface area (Å²) >= 11 is 6.03. The van der Waals surface area contributed by atoms with Gasteiger partial charge in [0.15, 0.2) is 6.61 Å². The van der Waals surface area contributed by atoms with Gasteiger partial charge in [-0.15, -0.1) is 0 Å². The van der Waals surface area contributed by atoms with Crippen LogP contribution in [0.1, 0.15) is 24.0 Å². The molecule has 2 aromatic carbocycles. The molecule has 0 aromatic heterocycles. The Hall–Kier alpha value is -2.62. The number of rotatable bonds is 4. The molecule has 2 aliphatic heterocycles. The first-order chi connectivity index (χ1) is 14.7. The summed E-state index contributed by atoms with van der Waals surface area (Å²) in [6, 6.07) is 7.30. The van der Waals surface area contributed by atoms with Crippen molar-refractivity contribution in [2.24, 2.45) is 0 Å². The highest BCUT2D eigenvalue weighted by molar-refractivity contribution is 7.89. The molecule has 164 valence electrons. The minimum absolute atomic E-state index is 0.0565. The first-order valence-corrected chi connectivity index (χ1v) is 11.6. The van der Waals surface area contributed by atoms with E-state index in [0.29, 0.717) is 40.6 Å². The summed E-state index contributed by atoms with van der Waals surface area (Å²) in [6.45, 7) is 3.55. The molecule has 1 saturated heterocycles. The van der Waals surface area contributed by atoms with Crippen LogP contribution in [-0.4, -0.2) is 43.7 Å². The van der Waals surface area contributed by atoms with Crippen molar-refractivity contribution in [3.05, 3.63) is 46.5 Å². The number of sulfonamides is 1. The molecule has 0 saturated carbocycles. The minimum Gasteiger partial charge on any atom is -0.482 e. The van der Waals surface area contributed by atoms with Crippen LogP contribution >= 0.6 is 11.6 Å². The largest absolute Gasteiger partial charge is 0.482 e. The summed E-state index contributed by atoms with van der Waals surface area (Å²) in [5.74, 6) is -0.404. The third-order valence-electron chi connectivity index (χ3n) is 5.46. The van der Waals surface area contributed by atoms with Crippen LogP contribution in [0.5, 0.6) is 5.75 Å². The zero-order valence-corrected chi connectivity index (χ0v) is 18.6. The van der Waals surface area contributed by atoms with Crippen LogP contribution in [0.2, 0.25) is 5.02 Å². The Balaban J connectivity index is 1.63. The van der Waals surface area contributed by atoms with Crippen molar-refractivity contribution < 1.29 is 22.7 Å². The number of carbonyl (C=O) groups is 2. The molecule has 10 heteroatoms. The van der Waals surface area contributed by atoms with Gasteiger partial charge in [0.2, 0.25) is 15.9 Å². The number of nitrogens with one attached hydrogen (secondary N) is 2. The van der Waals surface area contributed by atoms with E-state index >= 15 is 0 Å². The predicted octanol–water partition coefficient (Wildman–Crippen LogP) is 3.08. The standard InChI is InChI=1S/C21H22ClN3O5S/c1-12-5-6-14(22)9-15(12)24-21(27)17-4-3-7-25(17)31(28,29)19-10-18-16(8-13(19)2)23-20(26)11-30-18/h5-6,8-10,17H,3-4,7,11H2,1-2H3,(H,23,26)(H,24,27)/t17-/m0/s1. The highest BCUT2D eigenvalue weighted by Gasteiger charge is 2.40. The number of halogens is 1. The number of hydrogen-bond acceptors (Lipinski definition) is 5. The Bertz CT molecular complexity index is 1180. The third-order valence-corrected chi connectivity index (χ3v) is 7.75. The molecular formula is C21H22ClN3O5S. The summed E-state index contributed by atoms with van der Waals surface area (Å²) in [5, 5.41) is 5.96. The molecule has 31 heavy (non-hydrogen) atoms. The lowest BCUT2D eigenvalue weighted by atomic mass is 10.1. The van der Waals surface area contributed by atoms with Gasteiger partial charge < -0.3 is 15.4 Å². The highest BCUT2D eigenvalue weighted by atomic mass is 35.5. The lowest BCUT2D eigenvalue weighted by Crippen LogP contribution is -2.43. The molecule has 0 bridgehead atoms. The van der Waals surface area contributed by atoms with E-state index in [9.17, 15) is 18.0 Å². The van der Waals surface area contributed by atoms with E-state index in [2.05, 4.69) is 10.6 Å². The fourth-order valence-corrected chi connectivity index (χ4v) is 5.91. The normalized spacial score (nSPS) is 18.8. The number of nitrogens with zero attached hydrogens (tertiary/aromatic N) is 1. The fraction of sp³-hybridized carbons (Fsp3) is 0.333. The SMILES string of the molecule is Cc1ccc(Cl)cc1NC(=O)[C@@H]1CCCN1S(=O)(=O)c1cc2c(cc1C)NC(=O)CO2. The van der Waals surface area contributed by atoms with E-state index in [1.54, 1.807) is 31.2 Å². The van der Waals surface area contributed by atoms with Gasteiger partial charge in [0.05, 0.1) is 10.6 Å². The molecule has 0 aliphatic carbocycles. The molecule has 0 spiro atoms.